The number of para-hydroxylation sites is 1. The van der Waals surface area contributed by atoms with E-state index in [2.05, 4.69) is 0 Å². The van der Waals surface area contributed by atoms with Crippen molar-refractivity contribution < 1.29 is 32.4 Å². The number of rotatable bonds is 6. The number of nitrogens with zero attached hydrogens (tertiary/aromatic N) is 2. The van der Waals surface area contributed by atoms with Gasteiger partial charge >= 0.3 is 5.97 Å². The number of hydroxylamine groups is 2. The second-order valence-electron chi connectivity index (χ2n) is 7.41. The zero-order chi connectivity index (χ0) is 22.9. The lowest BCUT2D eigenvalue weighted by Crippen LogP contribution is -2.29. The smallest absolute Gasteiger partial charge is 0.363 e. The fourth-order valence-electron chi connectivity index (χ4n) is 3.60. The SMILES string of the molecule is NS(=O)(=O)c1cc(C(=O)ON2CCCC2=O)cc(N2CCCC2=O)c1Oc1ccccc1. The Hall–Kier alpha value is -3.44. The topological polar surface area (TPSA) is 136 Å². The predicted octanol–water partition coefficient (Wildman–Crippen LogP) is 1.95. The number of hydrogen-bond acceptors (Lipinski definition) is 7. The van der Waals surface area contributed by atoms with E-state index >= 15 is 0 Å². The van der Waals surface area contributed by atoms with E-state index < -0.39 is 20.9 Å². The molecule has 2 aliphatic rings. The van der Waals surface area contributed by atoms with E-state index in [1.165, 1.54) is 11.0 Å². The van der Waals surface area contributed by atoms with Gasteiger partial charge in [-0.2, -0.15) is 5.06 Å². The molecule has 4 rings (SSSR count). The number of sulfonamides is 1. The molecule has 0 saturated carbocycles. The number of carbonyl (C=O) groups is 3. The second kappa shape index (κ2) is 8.60. The van der Waals surface area contributed by atoms with Gasteiger partial charge in [0.1, 0.15) is 10.6 Å². The quantitative estimate of drug-likeness (QED) is 0.697. The zero-order valence-corrected chi connectivity index (χ0v) is 17.8. The van der Waals surface area contributed by atoms with E-state index in [4.69, 9.17) is 14.7 Å². The van der Waals surface area contributed by atoms with Gasteiger partial charge in [-0.3, -0.25) is 9.59 Å². The van der Waals surface area contributed by atoms with Crippen molar-refractivity contribution in [3.63, 3.8) is 0 Å². The molecule has 2 heterocycles. The molecule has 168 valence electrons. The molecule has 32 heavy (non-hydrogen) atoms. The van der Waals surface area contributed by atoms with Crippen molar-refractivity contribution in [3.8, 4) is 11.5 Å². The van der Waals surface area contributed by atoms with Gasteiger partial charge in [0, 0.05) is 19.4 Å². The van der Waals surface area contributed by atoms with E-state index in [1.807, 2.05) is 0 Å². The number of benzene rings is 2. The minimum absolute atomic E-state index is 0.0857. The standard InChI is InChI=1S/C21H21N3O7S/c22-32(28,29)17-13-14(21(27)31-24-11-5-9-19(24)26)12-16(23-10-4-8-18(23)25)20(17)30-15-6-2-1-3-7-15/h1-3,6-7,12-13H,4-5,8-11H2,(H2,22,28,29). The highest BCUT2D eigenvalue weighted by atomic mass is 32.2. The molecule has 0 spiro atoms. The maximum Gasteiger partial charge on any atom is 0.363 e. The van der Waals surface area contributed by atoms with Crippen LogP contribution in [0.5, 0.6) is 11.5 Å². The van der Waals surface area contributed by atoms with Gasteiger partial charge in [0.25, 0.3) is 5.91 Å². The molecule has 2 N–H and O–H groups in total. The van der Waals surface area contributed by atoms with E-state index in [0.717, 1.165) is 11.1 Å². The van der Waals surface area contributed by atoms with Gasteiger partial charge in [-0.1, -0.05) is 18.2 Å². The number of amides is 2. The summed E-state index contributed by atoms with van der Waals surface area (Å²) in [6.07, 6.45) is 1.64. The van der Waals surface area contributed by atoms with Crippen molar-refractivity contribution in [1.29, 1.82) is 0 Å². The van der Waals surface area contributed by atoms with Gasteiger partial charge < -0.3 is 14.5 Å². The molecule has 0 radical (unpaired) electrons. The van der Waals surface area contributed by atoms with Gasteiger partial charge in [-0.25, -0.2) is 18.4 Å². The van der Waals surface area contributed by atoms with Gasteiger partial charge in [-0.15, -0.1) is 0 Å². The van der Waals surface area contributed by atoms with Gasteiger partial charge in [-0.05, 0) is 37.1 Å². The van der Waals surface area contributed by atoms with Crippen molar-refractivity contribution in [2.24, 2.45) is 5.14 Å². The molecule has 0 aliphatic carbocycles. The molecule has 2 fully saturated rings. The molecule has 2 saturated heterocycles. The molecule has 0 unspecified atom stereocenters. The Labute approximate surface area is 184 Å². The van der Waals surface area contributed by atoms with Gasteiger partial charge in [0.2, 0.25) is 15.9 Å². The maximum absolute atomic E-state index is 12.7. The third-order valence-electron chi connectivity index (χ3n) is 5.13. The zero-order valence-electron chi connectivity index (χ0n) is 17.0. The third kappa shape index (κ3) is 4.43. The number of nitrogens with two attached hydrogens (primary N) is 1. The van der Waals surface area contributed by atoms with Crippen LogP contribution in [0.2, 0.25) is 0 Å². The molecule has 10 nitrogen and oxygen atoms in total. The van der Waals surface area contributed by atoms with Crippen LogP contribution in [0, 0.1) is 0 Å². The lowest BCUT2D eigenvalue weighted by molar-refractivity contribution is -0.159. The van der Waals surface area contributed by atoms with Crippen LogP contribution in [0.25, 0.3) is 0 Å². The Morgan fingerprint density at radius 3 is 2.25 bits per heavy atom. The average Bonchev–Trinajstić information content (AvgIpc) is 3.36. The van der Waals surface area contributed by atoms with Crippen LogP contribution in [-0.4, -0.2) is 44.4 Å². The first-order valence-electron chi connectivity index (χ1n) is 10.0. The van der Waals surface area contributed by atoms with E-state index in [-0.39, 0.29) is 48.2 Å². The Kier molecular flexibility index (Phi) is 5.85. The van der Waals surface area contributed by atoms with Crippen molar-refractivity contribution in [2.75, 3.05) is 18.0 Å². The highest BCUT2D eigenvalue weighted by Gasteiger charge is 2.32. The summed E-state index contributed by atoms with van der Waals surface area (Å²) in [5, 5.41) is 6.38. The summed E-state index contributed by atoms with van der Waals surface area (Å²) < 4.78 is 30.7. The number of primary sulfonamides is 1. The Morgan fingerprint density at radius 2 is 1.66 bits per heavy atom. The molecular formula is C21H21N3O7S. The van der Waals surface area contributed by atoms with Crippen LogP contribution >= 0.6 is 0 Å². The van der Waals surface area contributed by atoms with E-state index in [0.29, 0.717) is 25.1 Å². The fourth-order valence-corrected chi connectivity index (χ4v) is 4.30. The summed E-state index contributed by atoms with van der Waals surface area (Å²) in [5.74, 6) is -1.37. The highest BCUT2D eigenvalue weighted by Crippen LogP contribution is 2.41. The minimum Gasteiger partial charge on any atom is -0.454 e. The van der Waals surface area contributed by atoms with Crippen LogP contribution in [0.4, 0.5) is 5.69 Å². The summed E-state index contributed by atoms with van der Waals surface area (Å²) >= 11 is 0. The molecule has 0 aromatic heterocycles. The Morgan fingerprint density at radius 1 is 0.969 bits per heavy atom. The number of carbonyl (C=O) groups excluding carboxylic acids is 3. The number of hydrogen-bond donors (Lipinski definition) is 1. The Bertz CT molecular complexity index is 1180. The summed E-state index contributed by atoms with van der Waals surface area (Å²) in [7, 11) is -4.37. The third-order valence-corrected chi connectivity index (χ3v) is 6.04. The molecule has 0 atom stereocenters. The highest BCUT2D eigenvalue weighted by molar-refractivity contribution is 7.89. The van der Waals surface area contributed by atoms with Crippen LogP contribution in [0.1, 0.15) is 36.0 Å². The summed E-state index contributed by atoms with van der Waals surface area (Å²) in [5.41, 5.74) is -0.0913. The second-order valence-corrected chi connectivity index (χ2v) is 8.94. The first-order valence-corrected chi connectivity index (χ1v) is 11.6. The first-order chi connectivity index (χ1) is 15.2. The minimum atomic E-state index is -4.37. The molecule has 11 heteroatoms. The lowest BCUT2D eigenvalue weighted by Gasteiger charge is -2.23. The van der Waals surface area contributed by atoms with Crippen molar-refractivity contribution in [1.82, 2.24) is 5.06 Å². The Balaban J connectivity index is 1.83. The van der Waals surface area contributed by atoms with Crippen molar-refractivity contribution in [3.05, 3.63) is 48.0 Å². The molecule has 2 aromatic rings. The maximum atomic E-state index is 12.7. The summed E-state index contributed by atoms with van der Waals surface area (Å²) in [4.78, 5) is 43.0. The first kappa shape index (κ1) is 21.8. The lowest BCUT2D eigenvalue weighted by atomic mass is 10.1. The van der Waals surface area contributed by atoms with Crippen LogP contribution in [0.3, 0.4) is 0 Å². The molecule has 2 amide bonds. The van der Waals surface area contributed by atoms with Crippen molar-refractivity contribution >= 4 is 33.5 Å². The molecular weight excluding hydrogens is 438 g/mol. The monoisotopic (exact) mass is 459 g/mol. The fraction of sp³-hybridized carbons (Fsp3) is 0.286. The van der Waals surface area contributed by atoms with Gasteiger partial charge in [0.05, 0.1) is 17.8 Å². The molecule has 0 bridgehead atoms. The summed E-state index contributed by atoms with van der Waals surface area (Å²) in [6.45, 7) is 0.566. The van der Waals surface area contributed by atoms with Crippen LogP contribution < -0.4 is 14.8 Å². The normalized spacial score (nSPS) is 16.5. The van der Waals surface area contributed by atoms with Crippen LogP contribution in [0.15, 0.2) is 47.4 Å². The summed E-state index contributed by atoms with van der Waals surface area (Å²) in [6, 6.07) is 10.7. The molecule has 2 aromatic carbocycles. The van der Waals surface area contributed by atoms with Crippen LogP contribution in [-0.2, 0) is 24.4 Å². The number of ether oxygens (including phenoxy) is 1. The predicted molar refractivity (Wildman–Crippen MR) is 112 cm³/mol. The molecule has 2 aliphatic heterocycles. The average molecular weight is 459 g/mol. The largest absolute Gasteiger partial charge is 0.454 e. The van der Waals surface area contributed by atoms with E-state index in [9.17, 15) is 22.8 Å². The van der Waals surface area contributed by atoms with Crippen molar-refractivity contribution in [2.45, 2.75) is 30.6 Å². The number of anilines is 1. The van der Waals surface area contributed by atoms with E-state index in [1.54, 1.807) is 30.3 Å². The van der Waals surface area contributed by atoms with Gasteiger partial charge in [0.15, 0.2) is 5.75 Å².